The highest BCUT2D eigenvalue weighted by atomic mass is 127. The third kappa shape index (κ3) is 3.17. The number of rotatable bonds is 3. The lowest BCUT2D eigenvalue weighted by Gasteiger charge is -2.37. The normalized spacial score (nSPS) is 24.4. The fourth-order valence-electron chi connectivity index (χ4n) is 3.13. The van der Waals surface area contributed by atoms with Crippen molar-refractivity contribution in [1.29, 1.82) is 0 Å². The third-order valence-corrected chi connectivity index (χ3v) is 4.92. The molecular weight excluding hydrogens is 351 g/mol. The molecule has 1 aromatic carbocycles. The number of fused-ring (bicyclic) bond motifs is 1. The van der Waals surface area contributed by atoms with Crippen LogP contribution in [0.5, 0.6) is 0 Å². The summed E-state index contributed by atoms with van der Waals surface area (Å²) in [4.78, 5) is 17.2. The zero-order valence-corrected chi connectivity index (χ0v) is 13.2. The minimum atomic E-state index is 0.253. The quantitative estimate of drug-likeness (QED) is 0.603. The van der Waals surface area contributed by atoms with Gasteiger partial charge in [0.05, 0.1) is 6.54 Å². The Labute approximate surface area is 128 Å². The van der Waals surface area contributed by atoms with Crippen LogP contribution in [0.3, 0.4) is 0 Å². The van der Waals surface area contributed by atoms with Gasteiger partial charge >= 0.3 is 0 Å². The van der Waals surface area contributed by atoms with Crippen LogP contribution in [-0.2, 0) is 0 Å². The molecular formula is C15H19IN2O. The van der Waals surface area contributed by atoms with Crippen molar-refractivity contribution in [2.24, 2.45) is 0 Å². The molecule has 0 amide bonds. The van der Waals surface area contributed by atoms with Crippen LogP contribution in [0.2, 0.25) is 0 Å². The van der Waals surface area contributed by atoms with Gasteiger partial charge in [-0.1, -0.05) is 12.1 Å². The first kappa shape index (κ1) is 13.5. The Morgan fingerprint density at radius 2 is 2.00 bits per heavy atom. The van der Waals surface area contributed by atoms with Crippen molar-refractivity contribution < 1.29 is 4.79 Å². The molecule has 3 nitrogen and oxygen atoms in total. The Bertz CT molecular complexity index is 460. The highest BCUT2D eigenvalue weighted by molar-refractivity contribution is 14.1. The largest absolute Gasteiger partial charge is 0.298 e. The molecule has 0 saturated carbocycles. The van der Waals surface area contributed by atoms with Gasteiger partial charge in [0.2, 0.25) is 0 Å². The van der Waals surface area contributed by atoms with E-state index >= 15 is 0 Å². The number of nitrogens with zero attached hydrogens (tertiary/aromatic N) is 2. The molecule has 0 bridgehead atoms. The van der Waals surface area contributed by atoms with Crippen molar-refractivity contribution in [1.82, 2.24) is 9.80 Å². The maximum absolute atomic E-state index is 12.3. The van der Waals surface area contributed by atoms with Gasteiger partial charge < -0.3 is 0 Å². The van der Waals surface area contributed by atoms with E-state index in [4.69, 9.17) is 0 Å². The number of carbonyl (C=O) groups is 1. The summed E-state index contributed by atoms with van der Waals surface area (Å²) in [7, 11) is 0. The van der Waals surface area contributed by atoms with Crippen molar-refractivity contribution in [3.63, 3.8) is 0 Å². The average Bonchev–Trinajstić information content (AvgIpc) is 2.87. The van der Waals surface area contributed by atoms with E-state index in [-0.39, 0.29) is 5.78 Å². The van der Waals surface area contributed by atoms with Gasteiger partial charge in [0.25, 0.3) is 0 Å². The summed E-state index contributed by atoms with van der Waals surface area (Å²) >= 11 is 2.26. The summed E-state index contributed by atoms with van der Waals surface area (Å²) in [5.74, 6) is 0.253. The van der Waals surface area contributed by atoms with Gasteiger partial charge in [-0.05, 0) is 54.1 Å². The first-order chi connectivity index (χ1) is 9.22. The third-order valence-electron chi connectivity index (χ3n) is 4.20. The number of benzene rings is 1. The lowest BCUT2D eigenvalue weighted by molar-refractivity contribution is 0.0784. The van der Waals surface area contributed by atoms with E-state index in [1.54, 1.807) is 0 Å². The molecule has 102 valence electrons. The fraction of sp³-hybridized carbons (Fsp3) is 0.533. The van der Waals surface area contributed by atoms with Crippen molar-refractivity contribution in [2.75, 3.05) is 32.7 Å². The van der Waals surface area contributed by atoms with E-state index in [9.17, 15) is 4.79 Å². The van der Waals surface area contributed by atoms with Crippen LogP contribution in [0, 0.1) is 3.57 Å². The SMILES string of the molecule is O=C(CN1CCN2CCCC2C1)c1ccc(I)cc1. The molecule has 0 spiro atoms. The minimum absolute atomic E-state index is 0.253. The number of halogens is 1. The molecule has 1 aromatic rings. The first-order valence-corrected chi connectivity index (χ1v) is 8.05. The molecule has 4 heteroatoms. The predicted molar refractivity (Wildman–Crippen MR) is 84.5 cm³/mol. The summed E-state index contributed by atoms with van der Waals surface area (Å²) in [6, 6.07) is 8.58. The molecule has 19 heavy (non-hydrogen) atoms. The van der Waals surface area contributed by atoms with Crippen LogP contribution in [-0.4, -0.2) is 54.3 Å². The van der Waals surface area contributed by atoms with Gasteiger partial charge in [-0.25, -0.2) is 0 Å². The lowest BCUT2D eigenvalue weighted by Crippen LogP contribution is -2.51. The molecule has 0 aliphatic carbocycles. The van der Waals surface area contributed by atoms with Gasteiger partial charge in [0.1, 0.15) is 0 Å². The number of hydrogen-bond acceptors (Lipinski definition) is 3. The molecule has 2 fully saturated rings. The maximum atomic E-state index is 12.3. The smallest absolute Gasteiger partial charge is 0.176 e. The second kappa shape index (κ2) is 5.89. The molecule has 2 saturated heterocycles. The van der Waals surface area contributed by atoms with Gasteiger partial charge in [-0.2, -0.15) is 0 Å². The monoisotopic (exact) mass is 370 g/mol. The Hall–Kier alpha value is -0.460. The first-order valence-electron chi connectivity index (χ1n) is 6.97. The Morgan fingerprint density at radius 1 is 1.21 bits per heavy atom. The molecule has 3 rings (SSSR count). The van der Waals surface area contributed by atoms with Crippen LogP contribution in [0.4, 0.5) is 0 Å². The van der Waals surface area contributed by atoms with E-state index < -0.39 is 0 Å². The molecule has 0 radical (unpaired) electrons. The molecule has 2 aliphatic heterocycles. The molecule has 1 unspecified atom stereocenters. The van der Waals surface area contributed by atoms with Gasteiger partial charge in [-0.15, -0.1) is 0 Å². The van der Waals surface area contributed by atoms with E-state index in [0.29, 0.717) is 12.6 Å². The van der Waals surface area contributed by atoms with Crippen LogP contribution < -0.4 is 0 Å². The highest BCUT2D eigenvalue weighted by Crippen LogP contribution is 2.21. The summed E-state index contributed by atoms with van der Waals surface area (Å²) in [6.45, 7) is 5.06. The zero-order chi connectivity index (χ0) is 13.2. The van der Waals surface area contributed by atoms with Crippen molar-refractivity contribution in [2.45, 2.75) is 18.9 Å². The Balaban J connectivity index is 1.59. The number of carbonyl (C=O) groups excluding carboxylic acids is 1. The Kier molecular flexibility index (Phi) is 4.19. The molecule has 2 heterocycles. The van der Waals surface area contributed by atoms with Gasteiger partial charge in [0, 0.05) is 34.8 Å². The van der Waals surface area contributed by atoms with Crippen molar-refractivity contribution >= 4 is 28.4 Å². The Morgan fingerprint density at radius 3 is 2.79 bits per heavy atom. The summed E-state index contributed by atoms with van der Waals surface area (Å²) in [5.41, 5.74) is 0.842. The highest BCUT2D eigenvalue weighted by Gasteiger charge is 2.31. The standard InChI is InChI=1S/C15H19IN2O/c16-13-5-3-12(4-6-13)15(19)11-17-8-9-18-7-1-2-14(18)10-17/h3-6,14H,1-2,7-11H2. The number of piperazine rings is 1. The summed E-state index contributed by atoms with van der Waals surface area (Å²) in [6.07, 6.45) is 2.62. The number of hydrogen-bond donors (Lipinski definition) is 0. The fourth-order valence-corrected chi connectivity index (χ4v) is 3.49. The van der Waals surface area contributed by atoms with E-state index in [1.807, 2.05) is 24.3 Å². The zero-order valence-electron chi connectivity index (χ0n) is 11.0. The van der Waals surface area contributed by atoms with E-state index in [2.05, 4.69) is 32.4 Å². The second-order valence-electron chi connectivity index (χ2n) is 5.50. The van der Waals surface area contributed by atoms with Crippen LogP contribution in [0.15, 0.2) is 24.3 Å². The average molecular weight is 370 g/mol. The van der Waals surface area contributed by atoms with Crippen LogP contribution in [0.1, 0.15) is 23.2 Å². The molecule has 1 atom stereocenters. The van der Waals surface area contributed by atoms with Crippen molar-refractivity contribution in [3.8, 4) is 0 Å². The van der Waals surface area contributed by atoms with Crippen molar-refractivity contribution in [3.05, 3.63) is 33.4 Å². The maximum Gasteiger partial charge on any atom is 0.176 e. The molecule has 2 aliphatic rings. The predicted octanol–water partition coefficient (Wildman–Crippen LogP) is 2.25. The van der Waals surface area contributed by atoms with E-state index in [1.165, 1.54) is 23.0 Å². The second-order valence-corrected chi connectivity index (χ2v) is 6.74. The number of ketones is 1. The minimum Gasteiger partial charge on any atom is -0.298 e. The van der Waals surface area contributed by atoms with E-state index in [0.717, 1.165) is 25.2 Å². The molecule has 0 N–H and O–H groups in total. The topological polar surface area (TPSA) is 23.6 Å². The molecule has 0 aromatic heterocycles. The summed E-state index contributed by atoms with van der Waals surface area (Å²) < 4.78 is 1.17. The van der Waals surface area contributed by atoms with Gasteiger partial charge in [-0.3, -0.25) is 14.6 Å². The number of Topliss-reactive ketones (excluding diaryl/α,β-unsaturated/α-hetero) is 1. The van der Waals surface area contributed by atoms with Crippen LogP contribution in [0.25, 0.3) is 0 Å². The van der Waals surface area contributed by atoms with Gasteiger partial charge in [0.15, 0.2) is 5.78 Å². The van der Waals surface area contributed by atoms with Crippen LogP contribution >= 0.6 is 22.6 Å². The lowest BCUT2D eigenvalue weighted by atomic mass is 10.1. The summed E-state index contributed by atoms with van der Waals surface area (Å²) in [5, 5.41) is 0.